The molecule has 82 valence electrons. The molecule has 0 saturated heterocycles. The summed E-state index contributed by atoms with van der Waals surface area (Å²) in [5.41, 5.74) is -0.562. The van der Waals surface area contributed by atoms with E-state index in [1.165, 1.54) is 0 Å². The Bertz CT molecular complexity index is 200. The Kier molecular flexibility index (Phi) is 4.20. The number of ether oxygens (including phenoxy) is 1. The fourth-order valence-corrected chi connectivity index (χ4v) is 1.58. The average molecular weight is 220 g/mol. The van der Waals surface area contributed by atoms with E-state index in [1.54, 1.807) is 0 Å². The number of nitrogens with one attached hydrogen (secondary N) is 1. The summed E-state index contributed by atoms with van der Waals surface area (Å²) in [6.45, 7) is 4.73. The summed E-state index contributed by atoms with van der Waals surface area (Å²) >= 11 is 5.48. The molecule has 4 heteroatoms. The lowest BCUT2D eigenvalue weighted by Gasteiger charge is -2.16. The Morgan fingerprint density at radius 2 is 2.07 bits per heavy atom. The number of carbonyl (C=O) groups is 1. The minimum atomic E-state index is -0.562. The first kappa shape index (κ1) is 11.8. The van der Waals surface area contributed by atoms with Crippen molar-refractivity contribution in [3.8, 4) is 0 Å². The Hall–Kier alpha value is -0.280. The van der Waals surface area contributed by atoms with Crippen molar-refractivity contribution in [1.29, 1.82) is 0 Å². The molecule has 0 aliphatic heterocycles. The molecule has 0 atom stereocenters. The van der Waals surface area contributed by atoms with Crippen LogP contribution in [0, 0.1) is 5.92 Å². The predicted octanol–water partition coefficient (Wildman–Crippen LogP) is 2.24. The summed E-state index contributed by atoms with van der Waals surface area (Å²) in [4.78, 5) is 14.0. The van der Waals surface area contributed by atoms with Crippen molar-refractivity contribution in [1.82, 2.24) is 4.84 Å². The molecule has 0 radical (unpaired) electrons. The topological polar surface area (TPSA) is 38.3 Å². The summed E-state index contributed by atoms with van der Waals surface area (Å²) in [5.74, 6) is 0.282. The van der Waals surface area contributed by atoms with Crippen molar-refractivity contribution in [2.75, 3.05) is 6.61 Å². The predicted molar refractivity (Wildman–Crippen MR) is 56.0 cm³/mol. The van der Waals surface area contributed by atoms with Crippen LogP contribution < -0.4 is 4.84 Å². The van der Waals surface area contributed by atoms with Crippen molar-refractivity contribution >= 4 is 17.7 Å². The van der Waals surface area contributed by atoms with Gasteiger partial charge in [0.25, 0.3) is 0 Å². The maximum atomic E-state index is 11.5. The molecule has 0 amide bonds. The number of hydrogen-bond acceptors (Lipinski definition) is 3. The second-order valence-corrected chi connectivity index (χ2v) is 4.15. The third-order valence-corrected chi connectivity index (χ3v) is 3.29. The SMILES string of the molecule is CCC(CC)COC(=O)C1(NCl)CC1. The van der Waals surface area contributed by atoms with Gasteiger partial charge in [-0.3, -0.25) is 4.79 Å². The minimum Gasteiger partial charge on any atom is -0.464 e. The fourth-order valence-electron chi connectivity index (χ4n) is 1.32. The third-order valence-electron chi connectivity index (χ3n) is 2.93. The third kappa shape index (κ3) is 2.61. The highest BCUT2D eigenvalue weighted by Gasteiger charge is 2.51. The van der Waals surface area contributed by atoms with Crippen LogP contribution >= 0.6 is 11.8 Å². The summed E-state index contributed by atoms with van der Waals surface area (Å²) in [5, 5.41) is 0. The van der Waals surface area contributed by atoms with Crippen molar-refractivity contribution in [2.24, 2.45) is 5.92 Å². The summed E-state index contributed by atoms with van der Waals surface area (Å²) in [6.07, 6.45) is 3.67. The smallest absolute Gasteiger partial charge is 0.327 e. The Morgan fingerprint density at radius 1 is 1.50 bits per heavy atom. The van der Waals surface area contributed by atoms with Crippen molar-refractivity contribution < 1.29 is 9.53 Å². The number of hydrogen-bond donors (Lipinski definition) is 1. The molecule has 0 unspecified atom stereocenters. The number of rotatable bonds is 6. The lowest BCUT2D eigenvalue weighted by molar-refractivity contribution is -0.148. The van der Waals surface area contributed by atoms with E-state index in [1.807, 2.05) is 0 Å². The molecule has 14 heavy (non-hydrogen) atoms. The molecule has 1 rings (SSSR count). The largest absolute Gasteiger partial charge is 0.464 e. The molecule has 1 aliphatic carbocycles. The lowest BCUT2D eigenvalue weighted by Crippen LogP contribution is -2.35. The quantitative estimate of drug-likeness (QED) is 0.550. The zero-order valence-electron chi connectivity index (χ0n) is 8.81. The van der Waals surface area contributed by atoms with E-state index in [-0.39, 0.29) is 5.97 Å². The maximum Gasteiger partial charge on any atom is 0.327 e. The normalized spacial score (nSPS) is 18.3. The van der Waals surface area contributed by atoms with Gasteiger partial charge in [0.2, 0.25) is 0 Å². The summed E-state index contributed by atoms with van der Waals surface area (Å²) in [7, 11) is 0. The van der Waals surface area contributed by atoms with Gasteiger partial charge in [-0.05, 0) is 30.5 Å². The standard InChI is InChI=1S/C10H18ClNO2/c1-3-8(4-2)7-14-9(13)10(12-11)5-6-10/h8,12H,3-7H2,1-2H3. The Labute approximate surface area is 90.3 Å². The summed E-state index contributed by atoms with van der Waals surface area (Å²) in [6, 6.07) is 0. The van der Waals surface area contributed by atoms with Crippen LogP contribution in [0.5, 0.6) is 0 Å². The van der Waals surface area contributed by atoms with Gasteiger partial charge < -0.3 is 4.74 Å². The Balaban J connectivity index is 2.27. The molecule has 0 aromatic carbocycles. The molecule has 1 aliphatic rings. The average Bonchev–Trinajstić information content (AvgIpc) is 2.99. The highest BCUT2D eigenvalue weighted by Crippen LogP contribution is 2.37. The van der Waals surface area contributed by atoms with E-state index in [2.05, 4.69) is 18.7 Å². The van der Waals surface area contributed by atoms with Gasteiger partial charge in [-0.15, -0.1) is 0 Å². The van der Waals surface area contributed by atoms with E-state index in [0.29, 0.717) is 12.5 Å². The zero-order chi connectivity index (χ0) is 10.6. The van der Waals surface area contributed by atoms with Crippen molar-refractivity contribution in [3.63, 3.8) is 0 Å². The van der Waals surface area contributed by atoms with Crippen molar-refractivity contribution in [3.05, 3.63) is 0 Å². The van der Waals surface area contributed by atoms with Crippen LogP contribution in [0.4, 0.5) is 0 Å². The maximum absolute atomic E-state index is 11.5. The first-order chi connectivity index (χ1) is 6.68. The van der Waals surface area contributed by atoms with Crippen LogP contribution in [0.2, 0.25) is 0 Å². The van der Waals surface area contributed by atoms with Crippen LogP contribution in [-0.2, 0) is 9.53 Å². The number of esters is 1. The van der Waals surface area contributed by atoms with Gasteiger partial charge in [0.05, 0.1) is 6.61 Å². The first-order valence-corrected chi connectivity index (χ1v) is 5.61. The lowest BCUT2D eigenvalue weighted by atomic mass is 10.1. The highest BCUT2D eigenvalue weighted by molar-refractivity contribution is 6.16. The van der Waals surface area contributed by atoms with Gasteiger partial charge in [0, 0.05) is 0 Å². The number of halogens is 1. The molecule has 1 fully saturated rings. The first-order valence-electron chi connectivity index (χ1n) is 5.23. The van der Waals surface area contributed by atoms with E-state index in [0.717, 1.165) is 25.7 Å². The van der Waals surface area contributed by atoms with Crippen LogP contribution in [0.3, 0.4) is 0 Å². The molecule has 0 aromatic heterocycles. The van der Waals surface area contributed by atoms with Gasteiger partial charge in [-0.2, -0.15) is 0 Å². The minimum absolute atomic E-state index is 0.195. The summed E-state index contributed by atoms with van der Waals surface area (Å²) < 4.78 is 5.22. The highest BCUT2D eigenvalue weighted by atomic mass is 35.5. The van der Waals surface area contributed by atoms with Gasteiger partial charge >= 0.3 is 5.97 Å². The second-order valence-electron chi connectivity index (χ2n) is 3.96. The Morgan fingerprint density at radius 3 is 2.43 bits per heavy atom. The van der Waals surface area contributed by atoms with Crippen molar-refractivity contribution in [2.45, 2.75) is 45.1 Å². The fraction of sp³-hybridized carbons (Fsp3) is 0.900. The number of carbonyl (C=O) groups excluding carboxylic acids is 1. The van der Waals surface area contributed by atoms with Crippen LogP contribution in [0.25, 0.3) is 0 Å². The molecule has 0 spiro atoms. The van der Waals surface area contributed by atoms with Gasteiger partial charge in [-0.1, -0.05) is 26.7 Å². The molecule has 0 bridgehead atoms. The van der Waals surface area contributed by atoms with Gasteiger partial charge in [-0.25, -0.2) is 4.84 Å². The second kappa shape index (κ2) is 4.99. The monoisotopic (exact) mass is 219 g/mol. The zero-order valence-corrected chi connectivity index (χ0v) is 9.56. The van der Waals surface area contributed by atoms with Crippen LogP contribution in [0.15, 0.2) is 0 Å². The van der Waals surface area contributed by atoms with Gasteiger partial charge in [0.1, 0.15) is 5.54 Å². The molecule has 3 nitrogen and oxygen atoms in total. The molecule has 1 saturated carbocycles. The molecule has 1 N–H and O–H groups in total. The van der Waals surface area contributed by atoms with Crippen LogP contribution in [0.1, 0.15) is 39.5 Å². The molecular weight excluding hydrogens is 202 g/mol. The van der Waals surface area contributed by atoms with E-state index in [9.17, 15) is 4.79 Å². The van der Waals surface area contributed by atoms with E-state index < -0.39 is 5.54 Å². The van der Waals surface area contributed by atoms with E-state index in [4.69, 9.17) is 16.5 Å². The van der Waals surface area contributed by atoms with E-state index >= 15 is 0 Å². The molecule has 0 aromatic rings. The van der Waals surface area contributed by atoms with Gasteiger partial charge in [0.15, 0.2) is 0 Å². The molecular formula is C10H18ClNO2. The van der Waals surface area contributed by atoms with Crippen LogP contribution in [-0.4, -0.2) is 18.1 Å². The molecule has 0 heterocycles.